The lowest BCUT2D eigenvalue weighted by Crippen LogP contribution is -2.18. The normalized spacial score (nSPS) is 15.4. The molecule has 0 aliphatic carbocycles. The highest BCUT2D eigenvalue weighted by Gasteiger charge is 2.33. The topological polar surface area (TPSA) is 0 Å². The molecule has 32 heavy (non-hydrogen) atoms. The Bertz CT molecular complexity index is 1130. The number of hydrogen-bond acceptors (Lipinski definition) is 5. The van der Waals surface area contributed by atoms with Gasteiger partial charge in [0, 0.05) is 42.1 Å². The summed E-state index contributed by atoms with van der Waals surface area (Å²) in [5.41, 5.74) is 0. The Hall–Kier alpha value is -1.50. The second-order valence-electron chi connectivity index (χ2n) is 8.19. The van der Waals surface area contributed by atoms with Crippen LogP contribution < -0.4 is 0 Å². The van der Waals surface area contributed by atoms with Crippen molar-refractivity contribution in [3.63, 3.8) is 0 Å². The Morgan fingerprint density at radius 2 is 1.00 bits per heavy atom. The molecule has 0 aliphatic heterocycles. The van der Waals surface area contributed by atoms with Crippen LogP contribution in [0.4, 0.5) is 0 Å². The van der Waals surface area contributed by atoms with Crippen LogP contribution in [0.1, 0.15) is 61.4 Å². The molecule has 0 spiro atoms. The number of hydrogen-bond donors (Lipinski definition) is 0. The Kier molecular flexibility index (Phi) is 7.40. The van der Waals surface area contributed by atoms with Crippen LogP contribution in [-0.2, 0) is 6.42 Å². The maximum absolute atomic E-state index is 2.43. The Balaban J connectivity index is 1.54. The van der Waals surface area contributed by atoms with Crippen LogP contribution in [0.3, 0.4) is 0 Å². The zero-order valence-corrected chi connectivity index (χ0v) is 22.0. The molecule has 0 aromatic carbocycles. The van der Waals surface area contributed by atoms with Gasteiger partial charge in [-0.3, -0.25) is 0 Å². The maximum atomic E-state index is 2.43. The van der Waals surface area contributed by atoms with Crippen molar-refractivity contribution in [3.05, 3.63) is 112 Å². The molecule has 0 amide bonds. The van der Waals surface area contributed by atoms with Crippen molar-refractivity contribution < 1.29 is 0 Å². The average Bonchev–Trinajstić information content (AvgIpc) is 3.66. The van der Waals surface area contributed by atoms with Gasteiger partial charge in [0.2, 0.25) is 0 Å². The monoisotopic (exact) mass is 510 g/mol. The largest absolute Gasteiger partial charge is 0.149 e. The summed E-state index contributed by atoms with van der Waals surface area (Å²) in [7, 11) is 0. The molecule has 0 fully saturated rings. The molecular weight excluding hydrogens is 485 g/mol. The molecular formula is C27H26S5. The van der Waals surface area contributed by atoms with Crippen molar-refractivity contribution in [1.29, 1.82) is 0 Å². The zero-order chi connectivity index (χ0) is 21.8. The third-order valence-corrected chi connectivity index (χ3v) is 11.3. The standard InChI is InChI=1S/C27H26S5/c1-19(24-8-3-13-29-24)21(25-9-4-14-30-25)18-23(27-11-6-16-32-27)22(26-10-5-15-31-26)17-20-7-2-12-28-20/h2-16,19,21-23H,17-18H2,1H3. The minimum atomic E-state index is 0.505. The van der Waals surface area contributed by atoms with E-state index in [2.05, 4.69) is 94.5 Å². The van der Waals surface area contributed by atoms with Gasteiger partial charge in [0.1, 0.15) is 0 Å². The van der Waals surface area contributed by atoms with Gasteiger partial charge in [-0.15, -0.1) is 56.7 Å². The third-order valence-electron chi connectivity index (χ3n) is 6.32. The maximum Gasteiger partial charge on any atom is 0.00861 e. The number of rotatable bonds is 10. The molecule has 5 rings (SSSR count). The van der Waals surface area contributed by atoms with E-state index >= 15 is 0 Å². The van der Waals surface area contributed by atoms with Gasteiger partial charge in [0.15, 0.2) is 0 Å². The fourth-order valence-electron chi connectivity index (χ4n) is 4.66. The van der Waals surface area contributed by atoms with Crippen molar-refractivity contribution >= 4 is 56.7 Å². The molecule has 5 heteroatoms. The first kappa shape index (κ1) is 22.3. The van der Waals surface area contributed by atoms with E-state index in [0.717, 1.165) is 6.42 Å². The Morgan fingerprint density at radius 3 is 1.50 bits per heavy atom. The molecule has 5 aromatic rings. The summed E-state index contributed by atoms with van der Waals surface area (Å²) in [5.74, 6) is 2.05. The second kappa shape index (κ2) is 10.6. The van der Waals surface area contributed by atoms with Gasteiger partial charge in [-0.05, 0) is 76.0 Å². The SMILES string of the molecule is CC(c1cccs1)C(CC(c1cccs1)C(Cc1cccs1)c1cccs1)c1cccs1. The third kappa shape index (κ3) is 5.02. The summed E-state index contributed by atoms with van der Waals surface area (Å²) >= 11 is 9.58. The summed E-state index contributed by atoms with van der Waals surface area (Å²) in [6, 6.07) is 22.8. The summed E-state index contributed by atoms with van der Waals surface area (Å²) in [4.78, 5) is 7.56. The average molecular weight is 511 g/mol. The van der Waals surface area contributed by atoms with E-state index < -0.39 is 0 Å². The van der Waals surface area contributed by atoms with Crippen LogP contribution in [0, 0.1) is 0 Å². The molecule has 5 aromatic heterocycles. The highest BCUT2D eigenvalue weighted by atomic mass is 32.1. The van der Waals surface area contributed by atoms with E-state index in [1.165, 1.54) is 30.8 Å². The Labute approximate surface area is 210 Å². The highest BCUT2D eigenvalue weighted by Crippen LogP contribution is 2.49. The van der Waals surface area contributed by atoms with Crippen LogP contribution >= 0.6 is 56.7 Å². The number of thiophene rings is 5. The molecule has 0 saturated carbocycles. The molecule has 0 bridgehead atoms. The van der Waals surface area contributed by atoms with Crippen molar-refractivity contribution in [3.8, 4) is 0 Å². The molecule has 0 nitrogen and oxygen atoms in total. The van der Waals surface area contributed by atoms with Crippen LogP contribution in [0.2, 0.25) is 0 Å². The highest BCUT2D eigenvalue weighted by molar-refractivity contribution is 7.11. The lowest BCUT2D eigenvalue weighted by atomic mass is 9.76. The zero-order valence-electron chi connectivity index (χ0n) is 17.9. The van der Waals surface area contributed by atoms with Gasteiger partial charge in [0.05, 0.1) is 0 Å². The van der Waals surface area contributed by atoms with Gasteiger partial charge in [0.25, 0.3) is 0 Å². The van der Waals surface area contributed by atoms with E-state index in [9.17, 15) is 0 Å². The molecule has 0 aliphatic rings. The molecule has 4 unspecified atom stereocenters. The minimum absolute atomic E-state index is 0.505. The van der Waals surface area contributed by atoms with E-state index in [4.69, 9.17) is 0 Å². The van der Waals surface area contributed by atoms with Crippen LogP contribution in [-0.4, -0.2) is 0 Å². The predicted molar refractivity (Wildman–Crippen MR) is 147 cm³/mol. The van der Waals surface area contributed by atoms with Gasteiger partial charge in [-0.1, -0.05) is 37.3 Å². The molecule has 5 heterocycles. The minimum Gasteiger partial charge on any atom is -0.149 e. The van der Waals surface area contributed by atoms with Crippen LogP contribution in [0.15, 0.2) is 87.6 Å². The lowest BCUT2D eigenvalue weighted by Gasteiger charge is -2.32. The van der Waals surface area contributed by atoms with Gasteiger partial charge >= 0.3 is 0 Å². The predicted octanol–water partition coefficient (Wildman–Crippen LogP) is 10.1. The van der Waals surface area contributed by atoms with E-state index in [1.54, 1.807) is 0 Å². The first-order valence-electron chi connectivity index (χ1n) is 11.0. The van der Waals surface area contributed by atoms with Crippen LogP contribution in [0.5, 0.6) is 0 Å². The molecule has 0 radical (unpaired) electrons. The summed E-state index contributed by atoms with van der Waals surface area (Å²) in [6.45, 7) is 2.43. The molecule has 0 saturated heterocycles. The van der Waals surface area contributed by atoms with Crippen molar-refractivity contribution in [1.82, 2.24) is 0 Å². The first-order valence-corrected chi connectivity index (χ1v) is 15.4. The summed E-state index contributed by atoms with van der Waals surface area (Å²) < 4.78 is 0. The van der Waals surface area contributed by atoms with Gasteiger partial charge in [-0.25, -0.2) is 0 Å². The quantitative estimate of drug-likeness (QED) is 0.175. The van der Waals surface area contributed by atoms with E-state index in [1.807, 2.05) is 56.7 Å². The Morgan fingerprint density at radius 1 is 0.531 bits per heavy atom. The first-order chi connectivity index (χ1) is 15.8. The molecule has 0 N–H and O–H groups in total. The van der Waals surface area contributed by atoms with Crippen molar-refractivity contribution in [2.45, 2.75) is 43.4 Å². The van der Waals surface area contributed by atoms with Gasteiger partial charge in [-0.2, -0.15) is 0 Å². The van der Waals surface area contributed by atoms with E-state index in [-0.39, 0.29) is 0 Å². The van der Waals surface area contributed by atoms with Gasteiger partial charge < -0.3 is 0 Å². The lowest BCUT2D eigenvalue weighted by molar-refractivity contribution is 0.437. The second-order valence-corrected chi connectivity index (χ2v) is 13.1. The van der Waals surface area contributed by atoms with E-state index in [0.29, 0.717) is 23.7 Å². The fraction of sp³-hybridized carbons (Fsp3) is 0.259. The smallest absolute Gasteiger partial charge is 0.00861 e. The molecule has 164 valence electrons. The fourth-order valence-corrected chi connectivity index (χ4v) is 9.02. The molecule has 4 atom stereocenters. The summed E-state index contributed by atoms with van der Waals surface area (Å²) in [6.07, 6.45) is 2.29. The van der Waals surface area contributed by atoms with Crippen molar-refractivity contribution in [2.75, 3.05) is 0 Å². The van der Waals surface area contributed by atoms with Crippen molar-refractivity contribution in [2.24, 2.45) is 0 Å². The van der Waals surface area contributed by atoms with Crippen LogP contribution in [0.25, 0.3) is 0 Å². The summed E-state index contributed by atoms with van der Waals surface area (Å²) in [5, 5.41) is 11.2.